The highest BCUT2D eigenvalue weighted by Gasteiger charge is 2.39. The number of hydrogen-bond donors (Lipinski definition) is 1. The molecule has 2 heterocycles. The van der Waals surface area contributed by atoms with Crippen LogP contribution in [0.25, 0.3) is 10.8 Å². The van der Waals surface area contributed by atoms with Crippen LogP contribution in [0.15, 0.2) is 66.7 Å². The van der Waals surface area contributed by atoms with E-state index in [0.29, 0.717) is 29.6 Å². The van der Waals surface area contributed by atoms with E-state index in [9.17, 15) is 9.70 Å². The lowest BCUT2D eigenvalue weighted by molar-refractivity contribution is -0.734. The highest BCUT2D eigenvalue weighted by Crippen LogP contribution is 2.27. The molecule has 40 heavy (non-hydrogen) atoms. The maximum Gasteiger partial charge on any atom is 0.251 e. The van der Waals surface area contributed by atoms with Crippen molar-refractivity contribution in [1.82, 2.24) is 15.2 Å². The van der Waals surface area contributed by atoms with Gasteiger partial charge in [0.15, 0.2) is 0 Å². The van der Waals surface area contributed by atoms with Gasteiger partial charge in [-0.15, -0.1) is 5.01 Å². The molecule has 3 aromatic carbocycles. The maximum atomic E-state index is 13.8. The number of nitrogens with zero attached hydrogens (tertiary/aromatic N) is 3. The van der Waals surface area contributed by atoms with Crippen LogP contribution in [0, 0.1) is 10.8 Å². The van der Waals surface area contributed by atoms with Crippen LogP contribution in [-0.4, -0.2) is 66.0 Å². The fraction of sp³-hybridized carbons (Fsp3) is 0.485. The van der Waals surface area contributed by atoms with Gasteiger partial charge in [0, 0.05) is 42.4 Å². The maximum absolute atomic E-state index is 13.8. The minimum absolute atomic E-state index is 0.0688. The Bertz CT molecular complexity index is 1290. The molecule has 7 heteroatoms. The van der Waals surface area contributed by atoms with E-state index in [1.165, 1.54) is 23.3 Å². The highest BCUT2D eigenvalue weighted by atomic mass is 35.5. The van der Waals surface area contributed by atoms with Gasteiger partial charge in [0.2, 0.25) is 6.04 Å². The van der Waals surface area contributed by atoms with Crippen LogP contribution in [0.2, 0.25) is 5.02 Å². The molecule has 0 aliphatic carbocycles. The van der Waals surface area contributed by atoms with Crippen LogP contribution < -0.4 is 5.32 Å². The van der Waals surface area contributed by atoms with E-state index in [4.69, 9.17) is 11.6 Å². The van der Waals surface area contributed by atoms with Gasteiger partial charge < -0.3 is 10.2 Å². The molecule has 1 N–H and O–H groups in total. The molecule has 0 saturated carbocycles. The van der Waals surface area contributed by atoms with Gasteiger partial charge in [-0.3, -0.25) is 4.79 Å². The van der Waals surface area contributed by atoms with Crippen molar-refractivity contribution < 1.29 is 9.66 Å². The van der Waals surface area contributed by atoms with Crippen molar-refractivity contribution in [3.05, 3.63) is 87.8 Å². The number of nitrogens with one attached hydrogen (secondary N) is 1. The molecule has 2 aliphatic heterocycles. The van der Waals surface area contributed by atoms with Crippen LogP contribution in [0.1, 0.15) is 67.3 Å². The molecule has 3 aromatic rings. The molecular weight excluding hydrogens is 520 g/mol. The van der Waals surface area contributed by atoms with Crippen LogP contribution >= 0.6 is 11.6 Å². The summed E-state index contributed by atoms with van der Waals surface area (Å²) >= 11 is 6.12. The fourth-order valence-corrected chi connectivity index (χ4v) is 6.50. The first-order valence-electron chi connectivity index (χ1n) is 15.0. The van der Waals surface area contributed by atoms with E-state index in [1.54, 1.807) is 0 Å². The van der Waals surface area contributed by atoms with Crippen molar-refractivity contribution in [2.24, 2.45) is 5.92 Å². The van der Waals surface area contributed by atoms with Crippen molar-refractivity contribution in [3.8, 4) is 0 Å². The first-order chi connectivity index (χ1) is 19.5. The Kier molecular flexibility index (Phi) is 9.71. The third kappa shape index (κ3) is 7.21. The van der Waals surface area contributed by atoms with Gasteiger partial charge in [-0.1, -0.05) is 61.0 Å². The lowest BCUT2D eigenvalue weighted by Gasteiger charge is -2.23. The third-order valence-corrected chi connectivity index (χ3v) is 9.02. The smallest absolute Gasteiger partial charge is 0.251 e. The van der Waals surface area contributed by atoms with Crippen molar-refractivity contribution in [1.29, 1.82) is 0 Å². The van der Waals surface area contributed by atoms with E-state index in [2.05, 4.69) is 41.4 Å². The Morgan fingerprint density at radius 2 is 1.77 bits per heavy atom. The van der Waals surface area contributed by atoms with Gasteiger partial charge in [0.1, 0.15) is 4.87 Å². The number of halogens is 1. The molecule has 3 atom stereocenters. The summed E-state index contributed by atoms with van der Waals surface area (Å²) in [5.74, 6) is 0.502. The molecule has 0 unspecified atom stereocenters. The number of carbonyl (C=O) groups excluding carboxylic acids is 1. The van der Waals surface area contributed by atoms with Crippen LogP contribution in [0.4, 0.5) is 0 Å². The van der Waals surface area contributed by atoms with Crippen molar-refractivity contribution >= 4 is 28.3 Å². The lowest BCUT2D eigenvalue weighted by Crippen LogP contribution is -2.42. The first-order valence-corrected chi connectivity index (χ1v) is 15.3. The van der Waals surface area contributed by atoms with Crippen LogP contribution in [0.5, 0.6) is 0 Å². The van der Waals surface area contributed by atoms with E-state index < -0.39 is 0 Å². The van der Waals surface area contributed by atoms with Gasteiger partial charge >= 0.3 is 0 Å². The van der Waals surface area contributed by atoms with Crippen molar-refractivity contribution in [2.75, 3.05) is 39.3 Å². The largest absolute Gasteiger partial charge is 0.352 e. The minimum Gasteiger partial charge on any atom is -0.352 e. The molecule has 0 radical (unpaired) electrons. The Morgan fingerprint density at radius 3 is 2.55 bits per heavy atom. The summed E-state index contributed by atoms with van der Waals surface area (Å²) in [6, 6.07) is 21.9. The zero-order valence-electron chi connectivity index (χ0n) is 23.6. The normalized spacial score (nSPS) is 20.9. The summed E-state index contributed by atoms with van der Waals surface area (Å²) in [5.41, 5.74) is 1.94. The lowest BCUT2D eigenvalue weighted by atomic mass is 9.95. The summed E-state index contributed by atoms with van der Waals surface area (Å²) in [6.45, 7) is 7.46. The van der Waals surface area contributed by atoms with E-state index >= 15 is 0 Å². The van der Waals surface area contributed by atoms with E-state index in [0.717, 1.165) is 62.6 Å². The number of carbonyl (C=O) groups is 1. The molecule has 0 aromatic heterocycles. The second-order valence-electron chi connectivity index (χ2n) is 11.5. The molecule has 6 nitrogen and oxygen atoms in total. The number of benzene rings is 3. The van der Waals surface area contributed by atoms with E-state index in [-0.39, 0.29) is 17.9 Å². The van der Waals surface area contributed by atoms with Crippen molar-refractivity contribution in [3.63, 3.8) is 0 Å². The molecule has 1 amide bonds. The highest BCUT2D eigenvalue weighted by molar-refractivity contribution is 6.31. The average Bonchev–Trinajstić information content (AvgIpc) is 3.46. The molecule has 5 rings (SSSR count). The number of hydrazine groups is 1. The number of fused-ring (bicyclic) bond motifs is 1. The van der Waals surface area contributed by atoms with Gasteiger partial charge in [-0.2, -0.15) is 0 Å². The Balaban J connectivity index is 1.25. The zero-order valence-corrected chi connectivity index (χ0v) is 24.4. The standard InChI is InChI=1S/C33H41ClN4O2/c1-2-26(27-8-4-3-5-9-27)24-37-19-14-25(20-32(38(37)40)15-18-36-16-6-7-17-36)23-35-33(39)30-11-10-29-22-31(34)13-12-28(29)21-30/h3-5,8-13,21-22,25-26,32H,2,6-7,14-20,23-24H2,1H3/p+1/t25-,26+,32+/m0/s1. The number of nitroso groups, excluding NO2 is 1. The van der Waals surface area contributed by atoms with Gasteiger partial charge in [0.05, 0.1) is 18.0 Å². The number of amides is 1. The molecule has 0 bridgehead atoms. The molecule has 2 fully saturated rings. The zero-order chi connectivity index (χ0) is 27.9. The summed E-state index contributed by atoms with van der Waals surface area (Å²) in [5, 5.41) is 7.93. The molecule has 2 aliphatic rings. The quantitative estimate of drug-likeness (QED) is 0.281. The second kappa shape index (κ2) is 13.6. The van der Waals surface area contributed by atoms with E-state index in [1.807, 2.05) is 47.5 Å². The topological polar surface area (TPSA) is 55.7 Å². The molecule has 2 saturated heterocycles. The average molecular weight is 562 g/mol. The third-order valence-electron chi connectivity index (χ3n) is 8.78. The number of likely N-dealkylation sites (tertiary alicyclic amines) is 1. The van der Waals surface area contributed by atoms with Crippen molar-refractivity contribution in [2.45, 2.75) is 57.4 Å². The summed E-state index contributed by atoms with van der Waals surface area (Å²) in [7, 11) is 0. The van der Waals surface area contributed by atoms with Gasteiger partial charge in [-0.05, 0) is 85.3 Å². The fourth-order valence-electron chi connectivity index (χ4n) is 6.32. The monoisotopic (exact) mass is 561 g/mol. The van der Waals surface area contributed by atoms with Crippen LogP contribution in [-0.2, 0) is 0 Å². The Morgan fingerprint density at radius 1 is 1.02 bits per heavy atom. The number of hydrogen-bond acceptors (Lipinski definition) is 3. The Hall–Kier alpha value is -2.96. The molecular formula is C33H42ClN4O2+. The summed E-state index contributed by atoms with van der Waals surface area (Å²) in [6.07, 6.45) is 6.05. The summed E-state index contributed by atoms with van der Waals surface area (Å²) in [4.78, 5) is 30.7. The number of rotatable bonds is 10. The first kappa shape index (κ1) is 28.6. The SMILES string of the molecule is CC[C@H](CN1CC[C@H](CNC(=O)c2ccc3cc(Cl)ccc3c2)C[C@@H](CCN2CCCC2)[N+]1=O)c1ccccc1. The van der Waals surface area contributed by atoms with Gasteiger partial charge in [0.25, 0.3) is 5.91 Å². The summed E-state index contributed by atoms with van der Waals surface area (Å²) < 4.78 is 0. The van der Waals surface area contributed by atoms with Crippen LogP contribution in [0.3, 0.4) is 0 Å². The molecule has 212 valence electrons. The Labute approximate surface area is 243 Å². The van der Waals surface area contributed by atoms with Gasteiger partial charge in [-0.25, -0.2) is 0 Å². The predicted octanol–water partition coefficient (Wildman–Crippen LogP) is 6.68. The minimum atomic E-state index is -0.0799. The second-order valence-corrected chi connectivity index (χ2v) is 12.0. The molecule has 0 spiro atoms. The predicted molar refractivity (Wildman–Crippen MR) is 163 cm³/mol.